The van der Waals surface area contributed by atoms with Gasteiger partial charge in [0.15, 0.2) is 0 Å². The summed E-state index contributed by atoms with van der Waals surface area (Å²) in [6.45, 7) is 2.90. The molecule has 2 aliphatic rings. The van der Waals surface area contributed by atoms with Crippen LogP contribution in [0.15, 0.2) is 54.6 Å². The Morgan fingerprint density at radius 3 is 2.80 bits per heavy atom. The molecule has 25 heavy (non-hydrogen) atoms. The van der Waals surface area contributed by atoms with Crippen LogP contribution in [0.4, 0.5) is 10.1 Å². The number of allylic oxidation sites excluding steroid dienone is 1. The Balaban J connectivity index is 1.73. The van der Waals surface area contributed by atoms with Crippen LogP contribution in [0, 0.1) is 5.95 Å². The highest BCUT2D eigenvalue weighted by Crippen LogP contribution is 2.36. The normalized spacial score (nSPS) is 19.3. The first kappa shape index (κ1) is 16.2. The van der Waals surface area contributed by atoms with Gasteiger partial charge in [0.25, 0.3) is 0 Å². The molecule has 0 saturated carbocycles. The lowest BCUT2D eigenvalue weighted by Crippen LogP contribution is -2.47. The summed E-state index contributed by atoms with van der Waals surface area (Å²) in [4.78, 5) is 5.75. The average molecular weight is 377 g/mol. The molecule has 1 aromatic heterocycles. The second-order valence-corrected chi connectivity index (χ2v) is 6.85. The molecule has 0 saturated heterocycles. The molecule has 0 spiro atoms. The van der Waals surface area contributed by atoms with Crippen molar-refractivity contribution in [3.63, 3.8) is 0 Å². The van der Waals surface area contributed by atoms with Crippen molar-refractivity contribution in [2.24, 2.45) is 0 Å². The second kappa shape index (κ2) is 6.24. The van der Waals surface area contributed by atoms with Crippen molar-refractivity contribution in [2.75, 3.05) is 11.4 Å². The first-order valence-electron chi connectivity index (χ1n) is 7.84. The van der Waals surface area contributed by atoms with Crippen LogP contribution >= 0.6 is 23.2 Å². The van der Waals surface area contributed by atoms with Crippen molar-refractivity contribution >= 4 is 34.5 Å². The molecular formula is C18H15Cl2FN4. The molecule has 0 unspecified atom stereocenters. The van der Waals surface area contributed by atoms with Crippen LogP contribution in [0.2, 0.25) is 10.0 Å². The molecule has 7 heteroatoms. The van der Waals surface area contributed by atoms with Crippen molar-refractivity contribution in [3.8, 4) is 0 Å². The zero-order chi connectivity index (χ0) is 17.6. The summed E-state index contributed by atoms with van der Waals surface area (Å²) in [7, 11) is 0. The van der Waals surface area contributed by atoms with Crippen LogP contribution in [0.25, 0.3) is 5.57 Å². The molecule has 128 valence electrons. The van der Waals surface area contributed by atoms with Gasteiger partial charge in [-0.2, -0.15) is 4.39 Å². The van der Waals surface area contributed by atoms with Crippen molar-refractivity contribution in [1.82, 2.24) is 15.4 Å². The Bertz CT molecular complexity index is 896. The lowest BCUT2D eigenvalue weighted by molar-refractivity contribution is 0.232. The minimum absolute atomic E-state index is 0.204. The van der Waals surface area contributed by atoms with Gasteiger partial charge in [-0.15, -0.1) is 0 Å². The van der Waals surface area contributed by atoms with Gasteiger partial charge in [0.2, 0.25) is 5.95 Å². The number of benzene rings is 1. The fraction of sp³-hybridized carbons (Fsp3) is 0.167. The van der Waals surface area contributed by atoms with Crippen molar-refractivity contribution in [3.05, 3.63) is 76.2 Å². The Morgan fingerprint density at radius 1 is 1.20 bits per heavy atom. The van der Waals surface area contributed by atoms with Crippen molar-refractivity contribution < 1.29 is 4.39 Å². The molecule has 2 aliphatic heterocycles. The van der Waals surface area contributed by atoms with E-state index in [9.17, 15) is 4.39 Å². The molecule has 0 bridgehead atoms. The van der Waals surface area contributed by atoms with Gasteiger partial charge in [-0.3, -0.25) is 5.01 Å². The Labute approximate surface area is 155 Å². The van der Waals surface area contributed by atoms with E-state index in [1.54, 1.807) is 12.1 Å². The van der Waals surface area contributed by atoms with Gasteiger partial charge in [-0.05, 0) is 36.8 Å². The summed E-state index contributed by atoms with van der Waals surface area (Å²) in [5, 5.41) is 3.12. The first-order chi connectivity index (χ1) is 12.0. The quantitative estimate of drug-likeness (QED) is 0.785. The lowest BCUT2D eigenvalue weighted by atomic mass is 10.0. The Kier molecular flexibility index (Phi) is 4.06. The van der Waals surface area contributed by atoms with E-state index in [0.717, 1.165) is 29.1 Å². The fourth-order valence-corrected chi connectivity index (χ4v) is 3.41. The highest BCUT2D eigenvalue weighted by molar-refractivity contribution is 6.42. The molecule has 1 N–H and O–H groups in total. The van der Waals surface area contributed by atoms with E-state index in [4.69, 9.17) is 23.2 Å². The monoisotopic (exact) mass is 376 g/mol. The fourth-order valence-electron chi connectivity index (χ4n) is 3.12. The largest absolute Gasteiger partial charge is 0.344 e. The van der Waals surface area contributed by atoms with Crippen LogP contribution in [0.3, 0.4) is 0 Å². The molecule has 0 aliphatic carbocycles. The molecule has 0 radical (unpaired) electrons. The number of pyridine rings is 1. The van der Waals surface area contributed by atoms with Gasteiger partial charge in [0, 0.05) is 42.5 Å². The molecular weight excluding hydrogens is 362 g/mol. The van der Waals surface area contributed by atoms with E-state index >= 15 is 0 Å². The van der Waals surface area contributed by atoms with Crippen LogP contribution in [0.5, 0.6) is 0 Å². The molecule has 4 rings (SSSR count). The van der Waals surface area contributed by atoms with Crippen molar-refractivity contribution in [1.29, 1.82) is 0 Å². The summed E-state index contributed by atoms with van der Waals surface area (Å²) >= 11 is 12.2. The third-order valence-corrected chi connectivity index (χ3v) is 5.07. The van der Waals surface area contributed by atoms with Gasteiger partial charge in [-0.1, -0.05) is 23.2 Å². The maximum atomic E-state index is 13.5. The van der Waals surface area contributed by atoms with Gasteiger partial charge in [-0.25, -0.2) is 4.98 Å². The lowest BCUT2D eigenvalue weighted by Gasteiger charge is -2.38. The molecule has 0 amide bonds. The second-order valence-electron chi connectivity index (χ2n) is 6.04. The van der Waals surface area contributed by atoms with E-state index in [1.807, 2.05) is 24.5 Å². The van der Waals surface area contributed by atoms with E-state index in [-0.39, 0.29) is 6.04 Å². The summed E-state index contributed by atoms with van der Waals surface area (Å²) in [5.74, 6) is -0.498. The van der Waals surface area contributed by atoms with Crippen LogP contribution in [0.1, 0.15) is 12.5 Å². The van der Waals surface area contributed by atoms with E-state index < -0.39 is 5.95 Å². The first-order valence-corrected chi connectivity index (χ1v) is 8.60. The highest BCUT2D eigenvalue weighted by atomic mass is 35.5. The average Bonchev–Trinajstić information content (AvgIpc) is 3.02. The number of rotatable bonds is 2. The smallest absolute Gasteiger partial charge is 0.213 e. The third-order valence-electron chi connectivity index (χ3n) is 4.34. The molecule has 0 fully saturated rings. The summed E-state index contributed by atoms with van der Waals surface area (Å²) < 4.78 is 13.5. The predicted molar refractivity (Wildman–Crippen MR) is 98.5 cm³/mol. The standard InChI is InChI=1S/C18H15Cl2FN4/c1-11-9-24(13-2-3-15(19)16(20)7-13)10-17-14(8-23-25(11)17)12-4-5-22-18(21)6-12/h2-8,10-11,23H,9H2,1H3/t11-/m0/s1. The third kappa shape index (κ3) is 2.94. The van der Waals surface area contributed by atoms with Crippen LogP contribution < -0.4 is 10.3 Å². The topological polar surface area (TPSA) is 31.4 Å². The van der Waals surface area contributed by atoms with Crippen LogP contribution in [-0.2, 0) is 0 Å². The molecule has 3 heterocycles. The predicted octanol–water partition coefficient (Wildman–Crippen LogP) is 4.44. The Morgan fingerprint density at radius 2 is 2.04 bits per heavy atom. The number of fused-ring (bicyclic) bond motifs is 1. The van der Waals surface area contributed by atoms with Gasteiger partial charge < -0.3 is 10.3 Å². The van der Waals surface area contributed by atoms with Gasteiger partial charge in [0.1, 0.15) is 0 Å². The van der Waals surface area contributed by atoms with Crippen molar-refractivity contribution in [2.45, 2.75) is 13.0 Å². The maximum absolute atomic E-state index is 13.5. The molecule has 2 aromatic rings. The van der Waals surface area contributed by atoms with E-state index in [1.165, 1.54) is 12.3 Å². The number of anilines is 1. The zero-order valence-electron chi connectivity index (χ0n) is 13.4. The maximum Gasteiger partial charge on any atom is 0.213 e. The number of halogens is 3. The minimum atomic E-state index is -0.498. The van der Waals surface area contributed by atoms with Gasteiger partial charge >= 0.3 is 0 Å². The number of hydrogen-bond donors (Lipinski definition) is 1. The summed E-state index contributed by atoms with van der Waals surface area (Å²) in [6.07, 6.45) is 5.39. The van der Waals surface area contributed by atoms with Gasteiger partial charge in [0.05, 0.1) is 21.8 Å². The SMILES string of the molecule is C[C@H]1CN(c2ccc(Cl)c(Cl)c2)C=C2C(c3ccnc(F)c3)=CNN21. The Hall–Kier alpha value is -2.24. The molecule has 1 aromatic carbocycles. The van der Waals surface area contributed by atoms with E-state index in [0.29, 0.717) is 10.0 Å². The number of hydrazine groups is 1. The molecule has 1 atom stereocenters. The van der Waals surface area contributed by atoms with Crippen LogP contribution in [-0.4, -0.2) is 22.6 Å². The number of nitrogens with zero attached hydrogens (tertiary/aromatic N) is 3. The minimum Gasteiger partial charge on any atom is -0.344 e. The number of nitrogens with one attached hydrogen (secondary N) is 1. The number of aromatic nitrogens is 1. The highest BCUT2D eigenvalue weighted by Gasteiger charge is 2.31. The summed E-state index contributed by atoms with van der Waals surface area (Å²) in [6, 6.07) is 9.00. The van der Waals surface area contributed by atoms with E-state index in [2.05, 4.69) is 27.2 Å². The zero-order valence-corrected chi connectivity index (χ0v) is 14.9. The summed E-state index contributed by atoms with van der Waals surface area (Å²) in [5.41, 5.74) is 6.87. The molecule has 4 nitrogen and oxygen atoms in total. The number of hydrogen-bond acceptors (Lipinski definition) is 4.